The summed E-state index contributed by atoms with van der Waals surface area (Å²) in [5.74, 6) is -2.71. The molecule has 0 spiro atoms. The van der Waals surface area contributed by atoms with E-state index in [4.69, 9.17) is 14.2 Å². The zero-order chi connectivity index (χ0) is 28.8. The molecule has 0 aliphatic heterocycles. The van der Waals surface area contributed by atoms with E-state index in [2.05, 4.69) is 24.3 Å². The van der Waals surface area contributed by atoms with Crippen LogP contribution in [0.25, 0.3) is 0 Å². The second-order valence-corrected chi connectivity index (χ2v) is 18.2. The Morgan fingerprint density at radius 3 is 1.72 bits per heavy atom. The van der Waals surface area contributed by atoms with Crippen molar-refractivity contribution in [3.05, 3.63) is 60.7 Å². The molecule has 2 aromatic carbocycles. The molecule has 212 valence electrons. The van der Waals surface area contributed by atoms with Crippen LogP contribution in [0.5, 0.6) is 0 Å². The Bertz CT molecular complexity index is 1080. The zero-order valence-corrected chi connectivity index (χ0v) is 27.3. The SMILES string of the molecule is CCOC(=O)[C@]1(C([Se]c2ccccc2)[Se]c2ccccc2)C[C@H](C(=O)OC(C)(C)C)C[C@H]1C(=O)OC(C)(C)C. The van der Waals surface area contributed by atoms with Gasteiger partial charge in [-0.3, -0.25) is 0 Å². The average molecular weight is 667 g/mol. The first-order chi connectivity index (χ1) is 18.2. The van der Waals surface area contributed by atoms with Gasteiger partial charge in [0.25, 0.3) is 0 Å². The molecule has 1 aliphatic rings. The van der Waals surface area contributed by atoms with Crippen LogP contribution in [-0.2, 0) is 28.6 Å². The van der Waals surface area contributed by atoms with E-state index in [1.54, 1.807) is 6.92 Å². The Labute approximate surface area is 245 Å². The summed E-state index contributed by atoms with van der Waals surface area (Å²) in [6.07, 6.45) is 0.382. The van der Waals surface area contributed by atoms with Crippen molar-refractivity contribution in [3.63, 3.8) is 0 Å². The summed E-state index contributed by atoms with van der Waals surface area (Å²) >= 11 is -0.375. The van der Waals surface area contributed by atoms with Gasteiger partial charge >= 0.3 is 246 Å². The molecule has 1 aliphatic carbocycles. The van der Waals surface area contributed by atoms with Gasteiger partial charge in [-0.25, -0.2) is 0 Å². The van der Waals surface area contributed by atoms with Gasteiger partial charge in [-0.15, -0.1) is 0 Å². The van der Waals surface area contributed by atoms with Crippen molar-refractivity contribution in [3.8, 4) is 0 Å². The van der Waals surface area contributed by atoms with E-state index in [-0.39, 0.29) is 59.0 Å². The van der Waals surface area contributed by atoms with Crippen LogP contribution in [0.4, 0.5) is 0 Å². The minimum absolute atomic E-state index is 0.183. The van der Waals surface area contributed by atoms with E-state index in [1.807, 2.05) is 77.9 Å². The van der Waals surface area contributed by atoms with E-state index in [0.717, 1.165) is 8.92 Å². The normalized spacial score (nSPS) is 21.4. The third kappa shape index (κ3) is 8.44. The van der Waals surface area contributed by atoms with Gasteiger partial charge < -0.3 is 0 Å². The van der Waals surface area contributed by atoms with Crippen LogP contribution in [0.2, 0.25) is 3.71 Å². The van der Waals surface area contributed by atoms with Gasteiger partial charge in [-0.2, -0.15) is 0 Å². The summed E-state index contributed by atoms with van der Waals surface area (Å²) in [5, 5.41) is 0. The predicted octanol–water partition coefficient (Wildman–Crippen LogP) is 4.05. The quantitative estimate of drug-likeness (QED) is 0.229. The summed E-state index contributed by atoms with van der Waals surface area (Å²) in [4.78, 5) is 41.4. The number of carbonyl (C=O) groups is 3. The zero-order valence-electron chi connectivity index (χ0n) is 23.9. The number of hydrogen-bond donors (Lipinski definition) is 0. The second-order valence-electron chi connectivity index (χ2n) is 11.7. The van der Waals surface area contributed by atoms with E-state index in [9.17, 15) is 14.4 Å². The molecule has 0 amide bonds. The maximum absolute atomic E-state index is 14.2. The molecule has 0 heterocycles. The van der Waals surface area contributed by atoms with Crippen molar-refractivity contribution in [2.24, 2.45) is 17.3 Å². The molecule has 1 fully saturated rings. The molecule has 2 aromatic rings. The third-order valence-electron chi connectivity index (χ3n) is 6.21. The first-order valence-electron chi connectivity index (χ1n) is 13.3. The Kier molecular flexibility index (Phi) is 10.5. The van der Waals surface area contributed by atoms with Gasteiger partial charge in [-0.1, -0.05) is 0 Å². The number of hydrogen-bond acceptors (Lipinski definition) is 6. The number of carbonyl (C=O) groups excluding carboxylic acids is 3. The number of ether oxygens (including phenoxy) is 3. The van der Waals surface area contributed by atoms with Crippen LogP contribution in [0.1, 0.15) is 61.3 Å². The van der Waals surface area contributed by atoms with Crippen LogP contribution in [0, 0.1) is 17.3 Å². The molecule has 0 aromatic heterocycles. The van der Waals surface area contributed by atoms with Gasteiger partial charge in [0.15, 0.2) is 0 Å². The van der Waals surface area contributed by atoms with Gasteiger partial charge in [0.2, 0.25) is 0 Å². The third-order valence-corrected chi connectivity index (χ3v) is 13.3. The monoisotopic (exact) mass is 668 g/mol. The van der Waals surface area contributed by atoms with E-state index in [0.29, 0.717) is 0 Å². The summed E-state index contributed by atoms with van der Waals surface area (Å²) in [7, 11) is 0. The molecule has 0 unspecified atom stereocenters. The van der Waals surface area contributed by atoms with Crippen LogP contribution in [0.15, 0.2) is 60.7 Å². The average Bonchev–Trinajstić information content (AvgIpc) is 3.26. The first-order valence-corrected chi connectivity index (χ1v) is 17.0. The van der Waals surface area contributed by atoms with Crippen molar-refractivity contribution in [1.82, 2.24) is 0 Å². The van der Waals surface area contributed by atoms with Crippen molar-refractivity contribution < 1.29 is 28.6 Å². The molecular formula is C31H40O6Se2. The molecular weight excluding hydrogens is 626 g/mol. The Morgan fingerprint density at radius 1 is 0.821 bits per heavy atom. The maximum atomic E-state index is 14.2. The van der Waals surface area contributed by atoms with E-state index in [1.165, 1.54) is 0 Å². The minimum atomic E-state index is -1.22. The number of rotatable bonds is 9. The van der Waals surface area contributed by atoms with Gasteiger partial charge in [0, 0.05) is 0 Å². The fourth-order valence-corrected chi connectivity index (χ4v) is 12.5. The molecule has 0 bridgehead atoms. The van der Waals surface area contributed by atoms with Crippen LogP contribution >= 0.6 is 0 Å². The van der Waals surface area contributed by atoms with Crippen molar-refractivity contribution in [1.29, 1.82) is 0 Å². The van der Waals surface area contributed by atoms with Crippen LogP contribution < -0.4 is 8.92 Å². The summed E-state index contributed by atoms with van der Waals surface area (Å²) in [6.45, 7) is 12.9. The molecule has 0 radical (unpaired) electrons. The fourth-order valence-electron chi connectivity index (χ4n) is 4.70. The molecule has 1 saturated carbocycles. The van der Waals surface area contributed by atoms with Gasteiger partial charge in [0.05, 0.1) is 0 Å². The van der Waals surface area contributed by atoms with E-state index < -0.39 is 40.4 Å². The summed E-state index contributed by atoms with van der Waals surface area (Å²) in [5.41, 5.74) is -2.65. The molecule has 0 saturated heterocycles. The Balaban J connectivity index is 2.18. The molecule has 3 atom stereocenters. The van der Waals surface area contributed by atoms with Gasteiger partial charge in [-0.05, 0) is 0 Å². The van der Waals surface area contributed by atoms with Crippen molar-refractivity contribution >= 4 is 56.7 Å². The summed E-state index contributed by atoms with van der Waals surface area (Å²) < 4.78 is 19.5. The van der Waals surface area contributed by atoms with Crippen LogP contribution in [-0.4, -0.2) is 65.6 Å². The van der Waals surface area contributed by atoms with Crippen molar-refractivity contribution in [2.45, 2.75) is 76.2 Å². The fraction of sp³-hybridized carbons (Fsp3) is 0.516. The first kappa shape index (κ1) is 31.4. The van der Waals surface area contributed by atoms with Crippen molar-refractivity contribution in [2.75, 3.05) is 6.61 Å². The predicted molar refractivity (Wildman–Crippen MR) is 154 cm³/mol. The van der Waals surface area contributed by atoms with E-state index >= 15 is 0 Å². The Hall–Kier alpha value is -2.11. The summed E-state index contributed by atoms with van der Waals surface area (Å²) in [6, 6.07) is 20.2. The molecule has 39 heavy (non-hydrogen) atoms. The standard InChI is InChI=1S/C31H40O6Se2/c1-8-35-27(34)31(28(38-22-15-11-9-12-16-22)39-23-17-13-10-14-18-23)20-21(25(32)36-29(2,3)4)19-24(31)26(33)37-30(5,6)7/h9-18,21,24,28H,8,19-20H2,1-7H3/t21-,24+,31+/m1/s1. The molecule has 6 nitrogen and oxygen atoms in total. The Morgan fingerprint density at radius 2 is 1.28 bits per heavy atom. The van der Waals surface area contributed by atoms with Crippen LogP contribution in [0.3, 0.4) is 0 Å². The molecule has 3 rings (SSSR count). The van der Waals surface area contributed by atoms with Gasteiger partial charge in [0.1, 0.15) is 0 Å². The number of esters is 3. The molecule has 8 heteroatoms. The number of benzene rings is 2. The molecule has 0 N–H and O–H groups in total. The second kappa shape index (κ2) is 13.0. The topological polar surface area (TPSA) is 78.9 Å².